The first-order chi connectivity index (χ1) is 4.81. The minimum absolute atomic E-state index is 0.391. The Bertz CT molecular complexity index is 46.5. The van der Waals surface area contributed by atoms with Crippen LogP contribution in [0.5, 0.6) is 0 Å². The lowest BCUT2D eigenvalue weighted by molar-refractivity contribution is 0.573. The fourth-order valence-corrected chi connectivity index (χ4v) is 0.534. The van der Waals surface area contributed by atoms with Gasteiger partial charge >= 0.3 is 0 Å². The third kappa shape index (κ3) is 10.8. The highest BCUT2D eigenvalue weighted by molar-refractivity contribution is 4.58. The van der Waals surface area contributed by atoms with Crippen LogP contribution in [0.3, 0.4) is 0 Å². The van der Waals surface area contributed by atoms with Crippen LogP contribution in [0, 0.1) is 0 Å². The van der Waals surface area contributed by atoms with Crippen molar-refractivity contribution in [1.29, 1.82) is 0 Å². The monoisotopic (exact) mass is 146 g/mol. The number of rotatable bonds is 4. The molecule has 0 aromatic carbocycles. The molecule has 0 heterocycles. The molecule has 0 aromatic heterocycles. The average Bonchev–Trinajstić information content (AvgIpc) is 2.04. The van der Waals surface area contributed by atoms with Crippen molar-refractivity contribution in [2.75, 3.05) is 13.6 Å². The summed E-state index contributed by atoms with van der Waals surface area (Å²) in [5.41, 5.74) is 5.62. The molecule has 2 nitrogen and oxygen atoms in total. The molecule has 0 aliphatic rings. The van der Waals surface area contributed by atoms with Crippen LogP contribution in [0.15, 0.2) is 0 Å². The lowest BCUT2D eigenvalue weighted by atomic mass is 10.2. The van der Waals surface area contributed by atoms with Crippen molar-refractivity contribution in [3.05, 3.63) is 0 Å². The van der Waals surface area contributed by atoms with E-state index in [2.05, 4.69) is 12.2 Å². The molecule has 2 heteroatoms. The third-order valence-electron chi connectivity index (χ3n) is 1.29. The van der Waals surface area contributed by atoms with Gasteiger partial charge in [0.15, 0.2) is 0 Å². The Kier molecular flexibility index (Phi) is 14.7. The van der Waals surface area contributed by atoms with E-state index in [1.807, 2.05) is 20.9 Å². The van der Waals surface area contributed by atoms with Crippen LogP contribution in [-0.4, -0.2) is 19.6 Å². The van der Waals surface area contributed by atoms with E-state index in [0.717, 1.165) is 19.4 Å². The standard InChI is InChI=1S/C6H16N2.C2H6/c1-3-6(7)4-5-8-2;1-2/h6,8H,3-5,7H2,1-2H3;1-2H3/t6-;/m0./s1. The molecule has 0 saturated heterocycles. The van der Waals surface area contributed by atoms with Crippen LogP contribution in [0.2, 0.25) is 0 Å². The molecule has 0 aliphatic heterocycles. The maximum absolute atomic E-state index is 5.62. The van der Waals surface area contributed by atoms with E-state index in [1.165, 1.54) is 0 Å². The SMILES string of the molecule is CC.CC[C@H](N)CCNC. The first-order valence-electron chi connectivity index (χ1n) is 4.21. The fraction of sp³-hybridized carbons (Fsp3) is 1.00. The highest BCUT2D eigenvalue weighted by Crippen LogP contribution is 1.89. The summed E-state index contributed by atoms with van der Waals surface area (Å²) in [6.07, 6.45) is 2.18. The van der Waals surface area contributed by atoms with Crippen LogP contribution < -0.4 is 11.1 Å². The Morgan fingerprint density at radius 2 is 1.90 bits per heavy atom. The molecule has 0 fully saturated rings. The van der Waals surface area contributed by atoms with E-state index >= 15 is 0 Å². The van der Waals surface area contributed by atoms with Crippen molar-refractivity contribution in [2.24, 2.45) is 5.73 Å². The third-order valence-corrected chi connectivity index (χ3v) is 1.29. The van der Waals surface area contributed by atoms with Crippen LogP contribution in [-0.2, 0) is 0 Å². The topological polar surface area (TPSA) is 38.0 Å². The summed E-state index contributed by atoms with van der Waals surface area (Å²) in [5, 5.41) is 3.05. The quantitative estimate of drug-likeness (QED) is 0.628. The van der Waals surface area contributed by atoms with E-state index in [-0.39, 0.29) is 0 Å². The molecule has 10 heavy (non-hydrogen) atoms. The summed E-state index contributed by atoms with van der Waals surface area (Å²) < 4.78 is 0. The largest absolute Gasteiger partial charge is 0.328 e. The van der Waals surface area contributed by atoms with Gasteiger partial charge in [-0.05, 0) is 26.4 Å². The van der Waals surface area contributed by atoms with Gasteiger partial charge < -0.3 is 11.1 Å². The Morgan fingerprint density at radius 3 is 2.20 bits per heavy atom. The zero-order chi connectivity index (χ0) is 8.41. The minimum Gasteiger partial charge on any atom is -0.328 e. The van der Waals surface area contributed by atoms with Gasteiger partial charge in [-0.25, -0.2) is 0 Å². The van der Waals surface area contributed by atoms with Gasteiger partial charge in [0.25, 0.3) is 0 Å². The zero-order valence-electron chi connectivity index (χ0n) is 7.78. The number of hydrogen-bond acceptors (Lipinski definition) is 2. The fourth-order valence-electron chi connectivity index (χ4n) is 0.534. The minimum atomic E-state index is 0.391. The van der Waals surface area contributed by atoms with Crippen molar-refractivity contribution in [1.82, 2.24) is 5.32 Å². The van der Waals surface area contributed by atoms with Gasteiger partial charge in [0.1, 0.15) is 0 Å². The molecule has 0 amide bonds. The highest BCUT2D eigenvalue weighted by atomic mass is 14.8. The summed E-state index contributed by atoms with van der Waals surface area (Å²) in [6.45, 7) is 7.15. The van der Waals surface area contributed by atoms with E-state index in [9.17, 15) is 0 Å². The van der Waals surface area contributed by atoms with Gasteiger partial charge in [0, 0.05) is 6.04 Å². The number of nitrogens with one attached hydrogen (secondary N) is 1. The first-order valence-corrected chi connectivity index (χ1v) is 4.21. The smallest absolute Gasteiger partial charge is 0.00482 e. The molecule has 1 atom stereocenters. The molecule has 64 valence electrons. The maximum atomic E-state index is 5.62. The Hall–Kier alpha value is -0.0800. The Labute approximate surface area is 65.2 Å². The first kappa shape index (κ1) is 12.6. The summed E-state index contributed by atoms with van der Waals surface area (Å²) >= 11 is 0. The Balaban J connectivity index is 0. The van der Waals surface area contributed by atoms with Crippen LogP contribution in [0.4, 0.5) is 0 Å². The summed E-state index contributed by atoms with van der Waals surface area (Å²) in [5.74, 6) is 0. The van der Waals surface area contributed by atoms with Gasteiger partial charge in [-0.3, -0.25) is 0 Å². The summed E-state index contributed by atoms with van der Waals surface area (Å²) in [6, 6.07) is 0.391. The molecule has 0 bridgehead atoms. The predicted octanol–water partition coefficient (Wildman–Crippen LogP) is 1.36. The van der Waals surface area contributed by atoms with E-state index < -0.39 is 0 Å². The molecule has 0 aromatic rings. The second-order valence-corrected chi connectivity index (χ2v) is 2.06. The molecule has 0 unspecified atom stereocenters. The van der Waals surface area contributed by atoms with Gasteiger partial charge in [-0.2, -0.15) is 0 Å². The van der Waals surface area contributed by atoms with E-state index in [1.54, 1.807) is 0 Å². The van der Waals surface area contributed by atoms with Gasteiger partial charge in [-0.1, -0.05) is 20.8 Å². The molecule has 0 saturated carbocycles. The van der Waals surface area contributed by atoms with Gasteiger partial charge in [-0.15, -0.1) is 0 Å². The Morgan fingerprint density at radius 1 is 1.40 bits per heavy atom. The normalized spacial score (nSPS) is 11.7. The number of nitrogens with two attached hydrogens (primary N) is 1. The summed E-state index contributed by atoms with van der Waals surface area (Å²) in [4.78, 5) is 0. The van der Waals surface area contributed by atoms with Crippen molar-refractivity contribution in [3.63, 3.8) is 0 Å². The molecule has 0 aliphatic carbocycles. The van der Waals surface area contributed by atoms with Crippen LogP contribution in [0.1, 0.15) is 33.6 Å². The van der Waals surface area contributed by atoms with Crippen LogP contribution in [0.25, 0.3) is 0 Å². The van der Waals surface area contributed by atoms with Gasteiger partial charge in [0.05, 0.1) is 0 Å². The van der Waals surface area contributed by atoms with Crippen LogP contribution >= 0.6 is 0 Å². The average molecular weight is 146 g/mol. The second kappa shape index (κ2) is 11.7. The van der Waals surface area contributed by atoms with Crippen molar-refractivity contribution < 1.29 is 0 Å². The van der Waals surface area contributed by atoms with E-state index in [4.69, 9.17) is 5.73 Å². The van der Waals surface area contributed by atoms with Crippen molar-refractivity contribution in [2.45, 2.75) is 39.7 Å². The second-order valence-electron chi connectivity index (χ2n) is 2.06. The molecule has 3 N–H and O–H groups in total. The lowest BCUT2D eigenvalue weighted by Crippen LogP contribution is -2.23. The predicted molar refractivity (Wildman–Crippen MR) is 48.2 cm³/mol. The van der Waals surface area contributed by atoms with Crippen molar-refractivity contribution >= 4 is 0 Å². The van der Waals surface area contributed by atoms with Gasteiger partial charge in [0.2, 0.25) is 0 Å². The number of hydrogen-bond donors (Lipinski definition) is 2. The highest BCUT2D eigenvalue weighted by Gasteiger charge is 1.94. The van der Waals surface area contributed by atoms with Crippen molar-refractivity contribution in [3.8, 4) is 0 Å². The molecule has 0 radical (unpaired) electrons. The zero-order valence-corrected chi connectivity index (χ0v) is 7.78. The molecule has 0 rings (SSSR count). The maximum Gasteiger partial charge on any atom is 0.00482 e. The summed E-state index contributed by atoms with van der Waals surface area (Å²) in [7, 11) is 1.95. The van der Waals surface area contributed by atoms with E-state index in [0.29, 0.717) is 6.04 Å². The lowest BCUT2D eigenvalue weighted by Gasteiger charge is -2.05. The molecule has 0 spiro atoms. The molecular weight excluding hydrogens is 124 g/mol. The molecular formula is C8H22N2.